The van der Waals surface area contributed by atoms with Crippen molar-refractivity contribution in [1.29, 1.82) is 0 Å². The molecule has 0 heterocycles. The van der Waals surface area contributed by atoms with Crippen molar-refractivity contribution in [1.82, 2.24) is 0 Å². The van der Waals surface area contributed by atoms with Crippen molar-refractivity contribution >= 4 is 0 Å². The topological polar surface area (TPSA) is 18.5 Å². The fourth-order valence-electron chi connectivity index (χ4n) is 3.78. The highest BCUT2D eigenvalue weighted by Gasteiger charge is 2.35. The van der Waals surface area contributed by atoms with Crippen molar-refractivity contribution in [2.75, 3.05) is 0 Å². The van der Waals surface area contributed by atoms with Gasteiger partial charge in [-0.2, -0.15) is 0 Å². The lowest BCUT2D eigenvalue weighted by Crippen LogP contribution is -2.37. The fraction of sp³-hybridized carbons (Fsp3) is 1.00. The van der Waals surface area contributed by atoms with Crippen LogP contribution in [0.25, 0.3) is 0 Å². The highest BCUT2D eigenvalue weighted by molar-refractivity contribution is 4.82. The minimum absolute atomic E-state index is 0.143. The molecule has 0 saturated carbocycles. The first-order valence-electron chi connectivity index (χ1n) is 11.6. The Labute approximate surface area is 165 Å². The second-order valence-electron chi connectivity index (χ2n) is 9.20. The molecule has 0 fully saturated rings. The first-order valence-corrected chi connectivity index (χ1v) is 11.6. The van der Waals surface area contributed by atoms with Gasteiger partial charge < -0.3 is 0 Å². The van der Waals surface area contributed by atoms with Crippen molar-refractivity contribution in [3.63, 3.8) is 0 Å². The molecule has 0 amide bonds. The van der Waals surface area contributed by atoms with Crippen LogP contribution in [0.15, 0.2) is 0 Å². The van der Waals surface area contributed by atoms with Crippen LogP contribution in [0.3, 0.4) is 0 Å². The molecule has 0 spiro atoms. The maximum Gasteiger partial charge on any atom is 0.0955 e. The van der Waals surface area contributed by atoms with Crippen LogP contribution in [0, 0.1) is 10.8 Å². The van der Waals surface area contributed by atoms with Crippen LogP contribution in [0.1, 0.15) is 132 Å². The predicted molar refractivity (Wildman–Crippen MR) is 115 cm³/mol. The summed E-state index contributed by atoms with van der Waals surface area (Å²) >= 11 is 0. The molecule has 0 aromatic heterocycles. The largest absolute Gasteiger partial charge is 0.233 e. The highest BCUT2D eigenvalue weighted by atomic mass is 17.2. The summed E-state index contributed by atoms with van der Waals surface area (Å²) in [5.41, 5.74) is 0.434. The third kappa shape index (κ3) is 9.22. The van der Waals surface area contributed by atoms with Gasteiger partial charge in [0.25, 0.3) is 0 Å². The standard InChI is InChI=1S/C24H50O2/c1-9-13-17-23(7,18-14-10-2)21(5)25-26-22(6)24(8,19-15-11-3)20-16-12-4/h21-22H,9-20H2,1-8H3. The van der Waals surface area contributed by atoms with Gasteiger partial charge in [0.1, 0.15) is 0 Å². The molecule has 0 saturated heterocycles. The van der Waals surface area contributed by atoms with E-state index in [4.69, 9.17) is 9.78 Å². The lowest BCUT2D eigenvalue weighted by atomic mass is 9.76. The lowest BCUT2D eigenvalue weighted by molar-refractivity contribution is -0.377. The molecule has 2 unspecified atom stereocenters. The van der Waals surface area contributed by atoms with Gasteiger partial charge in [-0.25, -0.2) is 9.78 Å². The van der Waals surface area contributed by atoms with E-state index in [0.29, 0.717) is 0 Å². The van der Waals surface area contributed by atoms with Gasteiger partial charge in [0.15, 0.2) is 0 Å². The molecular weight excluding hydrogens is 320 g/mol. The highest BCUT2D eigenvalue weighted by Crippen LogP contribution is 2.39. The first kappa shape index (κ1) is 25.9. The molecule has 2 atom stereocenters. The number of unbranched alkanes of at least 4 members (excludes halogenated alkanes) is 4. The van der Waals surface area contributed by atoms with Crippen LogP contribution in [0.5, 0.6) is 0 Å². The molecule has 0 aliphatic heterocycles. The summed E-state index contributed by atoms with van der Waals surface area (Å²) in [5.74, 6) is 0. The summed E-state index contributed by atoms with van der Waals surface area (Å²) < 4.78 is 0. The molecule has 26 heavy (non-hydrogen) atoms. The zero-order valence-corrected chi connectivity index (χ0v) is 19.5. The van der Waals surface area contributed by atoms with Crippen molar-refractivity contribution in [3.8, 4) is 0 Å². The van der Waals surface area contributed by atoms with Crippen LogP contribution >= 0.6 is 0 Å². The van der Waals surface area contributed by atoms with E-state index in [9.17, 15) is 0 Å². The Bertz CT molecular complexity index is 278. The minimum atomic E-state index is 0.143. The van der Waals surface area contributed by atoms with Gasteiger partial charge in [0.2, 0.25) is 0 Å². The molecule has 158 valence electrons. The zero-order valence-electron chi connectivity index (χ0n) is 19.5. The van der Waals surface area contributed by atoms with Gasteiger partial charge in [-0.1, -0.05) is 92.9 Å². The second kappa shape index (κ2) is 14.0. The zero-order chi connectivity index (χ0) is 20.1. The summed E-state index contributed by atoms with van der Waals surface area (Å²) in [5, 5.41) is 0. The summed E-state index contributed by atoms with van der Waals surface area (Å²) in [6, 6.07) is 0. The molecule has 0 aliphatic carbocycles. The monoisotopic (exact) mass is 370 g/mol. The third-order valence-electron chi connectivity index (χ3n) is 6.71. The molecule has 0 aliphatic rings. The maximum absolute atomic E-state index is 6.07. The Morgan fingerprint density at radius 3 is 0.962 bits per heavy atom. The Hall–Kier alpha value is -0.0800. The van der Waals surface area contributed by atoms with Crippen molar-refractivity contribution in [2.45, 2.75) is 145 Å². The maximum atomic E-state index is 6.07. The van der Waals surface area contributed by atoms with Crippen molar-refractivity contribution in [3.05, 3.63) is 0 Å². The summed E-state index contributed by atoms with van der Waals surface area (Å²) in [4.78, 5) is 12.1. The van der Waals surface area contributed by atoms with Gasteiger partial charge in [-0.3, -0.25) is 0 Å². The molecule has 0 aromatic rings. The smallest absolute Gasteiger partial charge is 0.0955 e. The van der Waals surface area contributed by atoms with Gasteiger partial charge in [0.05, 0.1) is 12.2 Å². The third-order valence-corrected chi connectivity index (χ3v) is 6.71. The van der Waals surface area contributed by atoms with Gasteiger partial charge in [0, 0.05) is 0 Å². The predicted octanol–water partition coefficient (Wildman–Crippen LogP) is 8.49. The Morgan fingerprint density at radius 2 is 0.769 bits per heavy atom. The van der Waals surface area contributed by atoms with E-state index in [1.54, 1.807) is 0 Å². The molecule has 2 heteroatoms. The lowest BCUT2D eigenvalue weighted by Gasteiger charge is -2.39. The first-order chi connectivity index (χ1) is 12.3. The van der Waals surface area contributed by atoms with Gasteiger partial charge in [-0.05, 0) is 50.4 Å². The van der Waals surface area contributed by atoms with Crippen LogP contribution in [0.2, 0.25) is 0 Å². The van der Waals surface area contributed by atoms with Gasteiger partial charge in [-0.15, -0.1) is 0 Å². The normalized spacial score (nSPS) is 15.2. The van der Waals surface area contributed by atoms with Crippen LogP contribution < -0.4 is 0 Å². The van der Waals surface area contributed by atoms with Crippen molar-refractivity contribution < 1.29 is 9.78 Å². The molecule has 0 radical (unpaired) electrons. The van der Waals surface area contributed by atoms with E-state index >= 15 is 0 Å². The number of rotatable bonds is 17. The fourth-order valence-corrected chi connectivity index (χ4v) is 3.78. The molecule has 0 N–H and O–H groups in total. The summed E-state index contributed by atoms with van der Waals surface area (Å²) in [6.45, 7) is 18.3. The molecule has 2 nitrogen and oxygen atoms in total. The van der Waals surface area contributed by atoms with E-state index in [-0.39, 0.29) is 23.0 Å². The van der Waals surface area contributed by atoms with E-state index in [0.717, 1.165) is 0 Å². The van der Waals surface area contributed by atoms with Crippen molar-refractivity contribution in [2.24, 2.45) is 10.8 Å². The Balaban J connectivity index is 4.83. The minimum Gasteiger partial charge on any atom is -0.233 e. The van der Waals surface area contributed by atoms with E-state index < -0.39 is 0 Å². The van der Waals surface area contributed by atoms with Gasteiger partial charge >= 0.3 is 0 Å². The quantitative estimate of drug-likeness (QED) is 0.189. The molecule has 0 rings (SSSR count). The number of hydrogen-bond acceptors (Lipinski definition) is 2. The summed E-state index contributed by atoms with van der Waals surface area (Å²) in [6.07, 6.45) is 15.3. The van der Waals surface area contributed by atoms with E-state index in [1.165, 1.54) is 77.0 Å². The Kier molecular flexibility index (Phi) is 14.0. The average Bonchev–Trinajstić information content (AvgIpc) is 2.65. The Morgan fingerprint density at radius 1 is 0.538 bits per heavy atom. The van der Waals surface area contributed by atoms with Crippen LogP contribution in [0.4, 0.5) is 0 Å². The molecule has 0 aromatic carbocycles. The second-order valence-corrected chi connectivity index (χ2v) is 9.20. The average molecular weight is 371 g/mol. The number of hydrogen-bond donors (Lipinski definition) is 0. The van der Waals surface area contributed by atoms with E-state index in [1.807, 2.05) is 0 Å². The van der Waals surface area contributed by atoms with E-state index in [2.05, 4.69) is 55.4 Å². The molecule has 0 bridgehead atoms. The van der Waals surface area contributed by atoms with Crippen LogP contribution in [-0.2, 0) is 9.78 Å². The SMILES string of the molecule is CCCCC(C)(CCCC)C(C)OOC(C)C(C)(CCCC)CCCC. The summed E-state index contributed by atoms with van der Waals surface area (Å²) in [7, 11) is 0. The van der Waals surface area contributed by atoms with Crippen LogP contribution in [-0.4, -0.2) is 12.2 Å². The molecular formula is C24H50O2.